The Labute approximate surface area is 134 Å². The molecule has 0 aliphatic heterocycles. The van der Waals surface area contributed by atoms with Crippen molar-refractivity contribution in [3.05, 3.63) is 59.5 Å². The minimum Gasteiger partial charge on any atom is -0.497 e. The van der Waals surface area contributed by atoms with Gasteiger partial charge in [-0.15, -0.1) is 0 Å². The number of methoxy groups -OCH3 is 1. The quantitative estimate of drug-likeness (QED) is 0.761. The highest BCUT2D eigenvalue weighted by molar-refractivity contribution is 5.91. The molecule has 0 fully saturated rings. The molecule has 2 aromatic heterocycles. The van der Waals surface area contributed by atoms with E-state index in [9.17, 15) is 4.79 Å². The van der Waals surface area contributed by atoms with Gasteiger partial charge in [-0.25, -0.2) is 0 Å². The zero-order chi connectivity index (χ0) is 16.2. The Morgan fingerprint density at radius 2 is 2.22 bits per heavy atom. The summed E-state index contributed by atoms with van der Waals surface area (Å²) >= 11 is 0. The molecular weight excluding hydrogens is 290 g/mol. The molecule has 0 unspecified atom stereocenters. The first-order valence-corrected chi connectivity index (χ1v) is 7.48. The molecule has 0 spiro atoms. The molecular formula is C18H19N3O2. The lowest BCUT2D eigenvalue weighted by Gasteiger charge is -2.06. The van der Waals surface area contributed by atoms with Gasteiger partial charge in [-0.05, 0) is 42.3 Å². The number of ether oxygens (including phenoxy) is 1. The number of hydrogen-bond donors (Lipinski definition) is 2. The summed E-state index contributed by atoms with van der Waals surface area (Å²) in [6.07, 6.45) is 3.80. The van der Waals surface area contributed by atoms with Gasteiger partial charge in [0.1, 0.15) is 5.75 Å². The molecule has 0 bridgehead atoms. The lowest BCUT2D eigenvalue weighted by Crippen LogP contribution is -2.24. The molecule has 0 saturated heterocycles. The van der Waals surface area contributed by atoms with Crippen molar-refractivity contribution in [3.8, 4) is 5.75 Å². The second-order valence-corrected chi connectivity index (χ2v) is 5.45. The second-order valence-electron chi connectivity index (χ2n) is 5.45. The van der Waals surface area contributed by atoms with Crippen molar-refractivity contribution in [1.29, 1.82) is 0 Å². The average Bonchev–Trinajstić information content (AvgIpc) is 2.89. The van der Waals surface area contributed by atoms with Gasteiger partial charge in [-0.2, -0.15) is 0 Å². The maximum atomic E-state index is 12.3. The molecule has 0 atom stereocenters. The third-order valence-electron chi connectivity index (χ3n) is 3.88. The number of aryl methyl sites for hydroxylation is 1. The van der Waals surface area contributed by atoms with E-state index in [-0.39, 0.29) is 5.91 Å². The summed E-state index contributed by atoms with van der Waals surface area (Å²) in [4.78, 5) is 19.6. The highest BCUT2D eigenvalue weighted by atomic mass is 16.5. The van der Waals surface area contributed by atoms with Gasteiger partial charge in [0.15, 0.2) is 0 Å². The molecule has 0 aliphatic carbocycles. The molecule has 2 N–H and O–H groups in total. The van der Waals surface area contributed by atoms with Crippen LogP contribution >= 0.6 is 0 Å². The zero-order valence-electron chi connectivity index (χ0n) is 13.2. The maximum absolute atomic E-state index is 12.3. The third kappa shape index (κ3) is 3.34. The molecule has 2 heterocycles. The van der Waals surface area contributed by atoms with Crippen molar-refractivity contribution >= 4 is 16.8 Å². The number of H-pyrrole nitrogens is 1. The van der Waals surface area contributed by atoms with Gasteiger partial charge in [0.25, 0.3) is 0 Å². The molecule has 0 aliphatic rings. The first-order chi connectivity index (χ1) is 11.2. The average molecular weight is 309 g/mol. The van der Waals surface area contributed by atoms with Crippen LogP contribution < -0.4 is 10.1 Å². The van der Waals surface area contributed by atoms with Gasteiger partial charge < -0.3 is 15.0 Å². The SMILES string of the molecule is COc1ccc2[nH]c(C)c(CC(=O)NCc3cccnc3)c2c1. The monoisotopic (exact) mass is 309 g/mol. The number of hydrogen-bond acceptors (Lipinski definition) is 3. The van der Waals surface area contributed by atoms with Crippen LogP contribution in [0.3, 0.4) is 0 Å². The number of nitrogens with zero attached hydrogens (tertiary/aromatic N) is 1. The van der Waals surface area contributed by atoms with Gasteiger partial charge in [0.2, 0.25) is 5.91 Å². The van der Waals surface area contributed by atoms with Crippen molar-refractivity contribution in [3.63, 3.8) is 0 Å². The number of pyridine rings is 1. The van der Waals surface area contributed by atoms with E-state index in [1.807, 2.05) is 37.3 Å². The number of fused-ring (bicyclic) bond motifs is 1. The van der Waals surface area contributed by atoms with Crippen LogP contribution in [-0.2, 0) is 17.8 Å². The molecule has 3 rings (SSSR count). The number of aromatic amines is 1. The summed E-state index contributed by atoms with van der Waals surface area (Å²) in [5, 5.41) is 3.96. The standard InChI is InChI=1S/C18H19N3O2/c1-12-15(16-8-14(23-2)5-6-17(16)21-12)9-18(22)20-11-13-4-3-7-19-10-13/h3-8,10,21H,9,11H2,1-2H3,(H,20,22). The number of nitrogens with one attached hydrogen (secondary N) is 2. The van der Waals surface area contributed by atoms with E-state index >= 15 is 0 Å². The molecule has 23 heavy (non-hydrogen) atoms. The summed E-state index contributed by atoms with van der Waals surface area (Å²) < 4.78 is 5.28. The first kappa shape index (κ1) is 15.1. The number of aromatic nitrogens is 2. The number of amides is 1. The summed E-state index contributed by atoms with van der Waals surface area (Å²) in [7, 11) is 1.64. The van der Waals surface area contributed by atoms with Crippen LogP contribution in [0.5, 0.6) is 5.75 Å². The van der Waals surface area contributed by atoms with Crippen molar-refractivity contribution in [2.24, 2.45) is 0 Å². The van der Waals surface area contributed by atoms with E-state index in [4.69, 9.17) is 4.74 Å². The summed E-state index contributed by atoms with van der Waals surface area (Å²) in [5.41, 5.74) is 4.00. The molecule has 5 nitrogen and oxygen atoms in total. The Bertz CT molecular complexity index is 825. The summed E-state index contributed by atoms with van der Waals surface area (Å²) in [6.45, 7) is 2.47. The van der Waals surface area contributed by atoms with Crippen molar-refractivity contribution in [2.75, 3.05) is 7.11 Å². The molecule has 0 saturated carbocycles. The third-order valence-corrected chi connectivity index (χ3v) is 3.88. The molecule has 0 radical (unpaired) electrons. The Morgan fingerprint density at radius 3 is 2.96 bits per heavy atom. The predicted octanol–water partition coefficient (Wildman–Crippen LogP) is 2.74. The summed E-state index contributed by atoms with van der Waals surface area (Å²) in [5.74, 6) is 0.772. The molecule has 3 aromatic rings. The van der Waals surface area contributed by atoms with Gasteiger partial charge in [-0.3, -0.25) is 9.78 Å². The van der Waals surface area contributed by atoms with E-state index in [1.54, 1.807) is 19.5 Å². The van der Waals surface area contributed by atoms with Gasteiger partial charge in [0.05, 0.1) is 13.5 Å². The lowest BCUT2D eigenvalue weighted by molar-refractivity contribution is -0.120. The van der Waals surface area contributed by atoms with Gasteiger partial charge in [-0.1, -0.05) is 6.07 Å². The van der Waals surface area contributed by atoms with Crippen LogP contribution in [0.25, 0.3) is 10.9 Å². The molecule has 1 amide bonds. The first-order valence-electron chi connectivity index (χ1n) is 7.48. The minimum atomic E-state index is -0.0133. The van der Waals surface area contributed by atoms with Crippen LogP contribution in [0, 0.1) is 6.92 Å². The molecule has 118 valence electrons. The maximum Gasteiger partial charge on any atom is 0.224 e. The van der Waals surface area contributed by atoms with E-state index < -0.39 is 0 Å². The van der Waals surface area contributed by atoms with Gasteiger partial charge >= 0.3 is 0 Å². The van der Waals surface area contributed by atoms with Gasteiger partial charge in [0, 0.05) is 35.5 Å². The zero-order valence-corrected chi connectivity index (χ0v) is 13.2. The van der Waals surface area contributed by atoms with E-state index in [1.165, 1.54) is 0 Å². The highest BCUT2D eigenvalue weighted by Gasteiger charge is 2.13. The fraction of sp³-hybridized carbons (Fsp3) is 0.222. The van der Waals surface area contributed by atoms with Crippen LogP contribution in [0.2, 0.25) is 0 Å². The number of carbonyl (C=O) groups excluding carboxylic acids is 1. The van der Waals surface area contributed by atoms with Crippen molar-refractivity contribution < 1.29 is 9.53 Å². The largest absolute Gasteiger partial charge is 0.497 e. The summed E-state index contributed by atoms with van der Waals surface area (Å²) in [6, 6.07) is 9.64. The second kappa shape index (κ2) is 6.52. The Kier molecular flexibility index (Phi) is 4.28. The topological polar surface area (TPSA) is 67.0 Å². The van der Waals surface area contributed by atoms with Crippen LogP contribution in [-0.4, -0.2) is 23.0 Å². The molecule has 5 heteroatoms. The Morgan fingerprint density at radius 1 is 1.35 bits per heavy atom. The van der Waals surface area contributed by atoms with E-state index in [0.717, 1.165) is 33.5 Å². The number of carbonyl (C=O) groups is 1. The predicted molar refractivity (Wildman–Crippen MR) is 89.4 cm³/mol. The van der Waals surface area contributed by atoms with Crippen LogP contribution in [0.15, 0.2) is 42.7 Å². The van der Waals surface area contributed by atoms with Crippen molar-refractivity contribution in [2.45, 2.75) is 19.9 Å². The van der Waals surface area contributed by atoms with Crippen molar-refractivity contribution in [1.82, 2.24) is 15.3 Å². The smallest absolute Gasteiger partial charge is 0.224 e. The highest BCUT2D eigenvalue weighted by Crippen LogP contribution is 2.26. The van der Waals surface area contributed by atoms with E-state index in [0.29, 0.717) is 13.0 Å². The van der Waals surface area contributed by atoms with Crippen LogP contribution in [0.1, 0.15) is 16.8 Å². The Hall–Kier alpha value is -2.82. The normalized spacial score (nSPS) is 10.7. The van der Waals surface area contributed by atoms with Crippen LogP contribution in [0.4, 0.5) is 0 Å². The molecule has 1 aromatic carbocycles. The fourth-order valence-corrected chi connectivity index (χ4v) is 2.64. The number of rotatable bonds is 5. The lowest BCUT2D eigenvalue weighted by atomic mass is 10.1. The van der Waals surface area contributed by atoms with E-state index in [2.05, 4.69) is 15.3 Å². The minimum absolute atomic E-state index is 0.0133. The number of benzene rings is 1. The Balaban J connectivity index is 1.75. The fourth-order valence-electron chi connectivity index (χ4n) is 2.64.